The Morgan fingerprint density at radius 2 is 1.39 bits per heavy atom. The van der Waals surface area contributed by atoms with Crippen molar-refractivity contribution in [1.29, 1.82) is 0 Å². The van der Waals surface area contributed by atoms with Crippen LogP contribution < -0.4 is 5.73 Å². The molecule has 0 saturated heterocycles. The lowest BCUT2D eigenvalue weighted by Crippen LogP contribution is -2.13. The third-order valence-electron chi connectivity index (χ3n) is 2.56. The Bertz CT molecular complexity index is 403. The third kappa shape index (κ3) is 16.1. The van der Waals surface area contributed by atoms with Gasteiger partial charge in [-0.15, -0.1) is 0 Å². The van der Waals surface area contributed by atoms with E-state index in [2.05, 4.69) is 13.2 Å². The number of ether oxygens (including phenoxy) is 2. The zero-order valence-electron chi connectivity index (χ0n) is 14.5. The molecule has 0 aliphatic heterocycles. The van der Waals surface area contributed by atoms with Crippen LogP contribution in [0.25, 0.3) is 0 Å². The molecule has 0 atom stereocenters. The molecule has 0 radical (unpaired) electrons. The summed E-state index contributed by atoms with van der Waals surface area (Å²) in [6.07, 6.45) is 3.49. The topological polar surface area (TPSA) is 95.7 Å². The molecule has 23 heavy (non-hydrogen) atoms. The molecule has 0 aromatic rings. The minimum absolute atomic E-state index is 0.0886. The predicted molar refractivity (Wildman–Crippen MR) is 89.5 cm³/mol. The summed E-state index contributed by atoms with van der Waals surface area (Å²) < 4.78 is 9.85. The van der Waals surface area contributed by atoms with Crippen LogP contribution in [0.2, 0.25) is 0 Å². The molecule has 0 saturated carbocycles. The fraction of sp³-hybridized carbons (Fsp3) is 0.588. The second kappa shape index (κ2) is 14.8. The minimum atomic E-state index is -0.508. The Morgan fingerprint density at radius 1 is 0.957 bits per heavy atom. The van der Waals surface area contributed by atoms with Crippen molar-refractivity contribution in [3.63, 3.8) is 0 Å². The van der Waals surface area contributed by atoms with E-state index in [4.69, 9.17) is 15.2 Å². The van der Waals surface area contributed by atoms with E-state index < -0.39 is 17.8 Å². The van der Waals surface area contributed by atoms with Gasteiger partial charge in [-0.05, 0) is 19.8 Å². The van der Waals surface area contributed by atoms with Crippen LogP contribution in [0.3, 0.4) is 0 Å². The van der Waals surface area contributed by atoms with Crippen molar-refractivity contribution in [1.82, 2.24) is 0 Å². The van der Waals surface area contributed by atoms with E-state index in [0.29, 0.717) is 18.8 Å². The largest absolute Gasteiger partial charge is 0.465 e. The van der Waals surface area contributed by atoms with E-state index in [1.54, 1.807) is 6.92 Å². The average molecular weight is 327 g/mol. The second-order valence-electron chi connectivity index (χ2n) is 4.99. The van der Waals surface area contributed by atoms with Crippen molar-refractivity contribution < 1.29 is 23.9 Å². The van der Waals surface area contributed by atoms with E-state index in [1.165, 1.54) is 0 Å². The van der Waals surface area contributed by atoms with Gasteiger partial charge in [0.15, 0.2) is 0 Å². The first-order chi connectivity index (χ1) is 10.8. The SMILES string of the molecule is C=C(C)C(N)=O.C=C(CC(=O)OCCCC)C(=O)OCCCC. The van der Waals surface area contributed by atoms with Crippen LogP contribution >= 0.6 is 0 Å². The average Bonchev–Trinajstić information content (AvgIpc) is 2.48. The van der Waals surface area contributed by atoms with Crippen LogP contribution in [-0.2, 0) is 23.9 Å². The lowest BCUT2D eigenvalue weighted by Gasteiger charge is -2.07. The summed E-state index contributed by atoms with van der Waals surface area (Å²) in [4.78, 5) is 32.4. The van der Waals surface area contributed by atoms with Gasteiger partial charge < -0.3 is 15.2 Å². The highest BCUT2D eigenvalue weighted by Gasteiger charge is 2.13. The quantitative estimate of drug-likeness (QED) is 0.378. The molecular weight excluding hydrogens is 298 g/mol. The monoisotopic (exact) mass is 327 g/mol. The Morgan fingerprint density at radius 3 is 1.78 bits per heavy atom. The van der Waals surface area contributed by atoms with E-state index in [9.17, 15) is 14.4 Å². The van der Waals surface area contributed by atoms with Gasteiger partial charge in [0, 0.05) is 11.1 Å². The second-order valence-corrected chi connectivity index (χ2v) is 4.99. The number of amides is 1. The van der Waals surface area contributed by atoms with Gasteiger partial charge in [0.1, 0.15) is 0 Å². The van der Waals surface area contributed by atoms with Crippen LogP contribution in [0, 0.1) is 0 Å². The van der Waals surface area contributed by atoms with Crippen LogP contribution in [0.1, 0.15) is 52.9 Å². The molecule has 2 N–H and O–H groups in total. The summed E-state index contributed by atoms with van der Waals surface area (Å²) in [6, 6.07) is 0. The zero-order valence-corrected chi connectivity index (χ0v) is 14.5. The van der Waals surface area contributed by atoms with Crippen LogP contribution in [0.15, 0.2) is 24.3 Å². The Kier molecular flexibility index (Phi) is 14.9. The fourth-order valence-electron chi connectivity index (χ4n) is 1.04. The molecule has 0 spiro atoms. The molecule has 132 valence electrons. The van der Waals surface area contributed by atoms with E-state index in [-0.39, 0.29) is 12.0 Å². The highest BCUT2D eigenvalue weighted by Crippen LogP contribution is 2.04. The zero-order chi connectivity index (χ0) is 18.3. The van der Waals surface area contributed by atoms with Gasteiger partial charge in [0.05, 0.1) is 19.6 Å². The van der Waals surface area contributed by atoms with Gasteiger partial charge in [-0.3, -0.25) is 9.59 Å². The van der Waals surface area contributed by atoms with Crippen molar-refractivity contribution in [2.75, 3.05) is 13.2 Å². The first-order valence-electron chi connectivity index (χ1n) is 7.72. The summed E-state index contributed by atoms with van der Waals surface area (Å²) in [5, 5.41) is 0. The van der Waals surface area contributed by atoms with Gasteiger partial charge in [-0.25, -0.2) is 4.79 Å². The molecule has 6 nitrogen and oxygen atoms in total. The van der Waals surface area contributed by atoms with E-state index in [0.717, 1.165) is 25.7 Å². The number of carbonyl (C=O) groups excluding carboxylic acids is 3. The highest BCUT2D eigenvalue weighted by atomic mass is 16.5. The summed E-state index contributed by atoms with van der Waals surface area (Å²) in [5.41, 5.74) is 5.25. The maximum atomic E-state index is 11.4. The molecule has 0 unspecified atom stereocenters. The van der Waals surface area contributed by atoms with E-state index in [1.807, 2.05) is 13.8 Å². The Hall–Kier alpha value is -2.11. The molecule has 0 heterocycles. The lowest BCUT2D eigenvalue weighted by atomic mass is 10.2. The van der Waals surface area contributed by atoms with Crippen molar-refractivity contribution >= 4 is 17.8 Å². The predicted octanol–water partition coefficient (Wildman–Crippen LogP) is 2.67. The molecule has 0 aliphatic carbocycles. The number of carbonyl (C=O) groups is 3. The summed E-state index contributed by atoms with van der Waals surface area (Å²) in [6.45, 7) is 13.2. The molecule has 0 rings (SSSR count). The summed E-state index contributed by atoms with van der Waals surface area (Å²) >= 11 is 0. The molecule has 0 fully saturated rings. The smallest absolute Gasteiger partial charge is 0.333 e. The van der Waals surface area contributed by atoms with Crippen LogP contribution in [0.5, 0.6) is 0 Å². The number of hydrogen-bond acceptors (Lipinski definition) is 5. The maximum absolute atomic E-state index is 11.4. The van der Waals surface area contributed by atoms with Crippen molar-refractivity contribution in [3.8, 4) is 0 Å². The first-order valence-corrected chi connectivity index (χ1v) is 7.72. The molecule has 1 amide bonds. The number of esters is 2. The molecule has 0 aromatic heterocycles. The molecule has 0 aliphatic rings. The maximum Gasteiger partial charge on any atom is 0.333 e. The van der Waals surface area contributed by atoms with Crippen molar-refractivity contribution in [3.05, 3.63) is 24.3 Å². The standard InChI is InChI=1S/C13H22O4.C4H7NO/c1-4-6-8-16-12(14)10-11(3)13(15)17-9-7-5-2;1-3(2)4(5)6/h3-10H2,1-2H3;1H2,2H3,(H2,5,6). The normalized spacial score (nSPS) is 9.17. The van der Waals surface area contributed by atoms with Gasteiger partial charge in [0.25, 0.3) is 0 Å². The minimum Gasteiger partial charge on any atom is -0.465 e. The van der Waals surface area contributed by atoms with Gasteiger partial charge in [-0.2, -0.15) is 0 Å². The molecule has 0 bridgehead atoms. The molecule has 0 aromatic carbocycles. The van der Waals surface area contributed by atoms with Crippen molar-refractivity contribution in [2.24, 2.45) is 5.73 Å². The highest BCUT2D eigenvalue weighted by molar-refractivity contribution is 5.93. The van der Waals surface area contributed by atoms with Crippen molar-refractivity contribution in [2.45, 2.75) is 52.9 Å². The van der Waals surface area contributed by atoms with Gasteiger partial charge >= 0.3 is 11.9 Å². The van der Waals surface area contributed by atoms with E-state index >= 15 is 0 Å². The first kappa shape index (κ1) is 23.2. The number of primary amides is 1. The van der Waals surface area contributed by atoms with Gasteiger partial charge in [-0.1, -0.05) is 39.8 Å². The lowest BCUT2D eigenvalue weighted by molar-refractivity contribution is -0.146. The molecular formula is C17H29NO5. The molecule has 6 heteroatoms. The third-order valence-corrected chi connectivity index (χ3v) is 2.56. The number of hydrogen-bond donors (Lipinski definition) is 1. The number of nitrogens with two attached hydrogens (primary N) is 1. The van der Waals surface area contributed by atoms with Gasteiger partial charge in [0.2, 0.25) is 5.91 Å². The number of unbranched alkanes of at least 4 members (excludes halogenated alkanes) is 2. The number of rotatable bonds is 10. The van der Waals surface area contributed by atoms with Crippen LogP contribution in [0.4, 0.5) is 0 Å². The Balaban J connectivity index is 0. The fourth-order valence-corrected chi connectivity index (χ4v) is 1.04. The van der Waals surface area contributed by atoms with Crippen LogP contribution in [-0.4, -0.2) is 31.1 Å². The summed E-state index contributed by atoms with van der Waals surface area (Å²) in [5.74, 6) is -1.36. The Labute approximate surface area is 138 Å². The summed E-state index contributed by atoms with van der Waals surface area (Å²) in [7, 11) is 0.